The van der Waals surface area contributed by atoms with Gasteiger partial charge in [0.25, 0.3) is 5.91 Å². The quantitative estimate of drug-likeness (QED) is 0.359. The molecule has 9 heteroatoms. The SMILES string of the molecule is NNC(=O)c1cc(S(=O)(=O)NCc2ccccc2F)c[nH]1. The van der Waals surface area contributed by atoms with Crippen LogP contribution in [0.2, 0.25) is 0 Å². The lowest BCUT2D eigenvalue weighted by atomic mass is 10.2. The molecule has 1 aromatic heterocycles. The Labute approximate surface area is 120 Å². The third-order valence-electron chi connectivity index (χ3n) is 2.75. The number of nitrogens with one attached hydrogen (secondary N) is 3. The Morgan fingerprint density at radius 1 is 1.33 bits per heavy atom. The van der Waals surface area contributed by atoms with Crippen LogP contribution in [-0.2, 0) is 16.6 Å². The van der Waals surface area contributed by atoms with Crippen LogP contribution in [0, 0.1) is 5.82 Å². The number of carbonyl (C=O) groups excluding carboxylic acids is 1. The lowest BCUT2D eigenvalue weighted by molar-refractivity contribution is 0.0949. The van der Waals surface area contributed by atoms with Gasteiger partial charge in [-0.15, -0.1) is 0 Å². The molecule has 0 bridgehead atoms. The molecule has 5 N–H and O–H groups in total. The van der Waals surface area contributed by atoms with Crippen molar-refractivity contribution in [1.29, 1.82) is 0 Å². The van der Waals surface area contributed by atoms with Crippen molar-refractivity contribution in [2.24, 2.45) is 5.84 Å². The summed E-state index contributed by atoms with van der Waals surface area (Å²) >= 11 is 0. The van der Waals surface area contributed by atoms with Crippen molar-refractivity contribution in [3.63, 3.8) is 0 Å². The normalized spacial score (nSPS) is 11.3. The highest BCUT2D eigenvalue weighted by Gasteiger charge is 2.18. The fourth-order valence-electron chi connectivity index (χ4n) is 1.64. The number of aromatic amines is 1. The van der Waals surface area contributed by atoms with Gasteiger partial charge in [-0.2, -0.15) is 0 Å². The number of carbonyl (C=O) groups is 1. The molecule has 0 saturated heterocycles. The van der Waals surface area contributed by atoms with E-state index in [0.717, 1.165) is 12.3 Å². The number of nitrogen functional groups attached to an aromatic ring is 1. The van der Waals surface area contributed by atoms with Crippen molar-refractivity contribution in [3.8, 4) is 0 Å². The molecule has 0 radical (unpaired) electrons. The zero-order valence-corrected chi connectivity index (χ0v) is 11.6. The third-order valence-corrected chi connectivity index (χ3v) is 4.13. The van der Waals surface area contributed by atoms with E-state index in [-0.39, 0.29) is 22.7 Å². The van der Waals surface area contributed by atoms with Gasteiger partial charge in [0.05, 0.1) is 0 Å². The van der Waals surface area contributed by atoms with Crippen molar-refractivity contribution in [3.05, 3.63) is 53.6 Å². The standard InChI is InChI=1S/C12H13FN4O3S/c13-10-4-2-1-3-8(10)6-16-21(19,20)9-5-11(15-7-9)12(18)17-14/h1-5,7,15-16H,6,14H2,(H,17,18). The molecule has 21 heavy (non-hydrogen) atoms. The van der Waals surface area contributed by atoms with Gasteiger partial charge >= 0.3 is 0 Å². The molecule has 1 aromatic carbocycles. The fraction of sp³-hybridized carbons (Fsp3) is 0.0833. The Morgan fingerprint density at radius 3 is 2.71 bits per heavy atom. The second-order valence-corrected chi connectivity index (χ2v) is 5.91. The summed E-state index contributed by atoms with van der Waals surface area (Å²) in [4.78, 5) is 13.6. The van der Waals surface area contributed by atoms with Crippen molar-refractivity contribution >= 4 is 15.9 Å². The van der Waals surface area contributed by atoms with Gasteiger partial charge in [-0.3, -0.25) is 10.2 Å². The number of H-pyrrole nitrogens is 1. The maximum Gasteiger partial charge on any atom is 0.281 e. The van der Waals surface area contributed by atoms with Crippen LogP contribution in [0.1, 0.15) is 16.1 Å². The van der Waals surface area contributed by atoms with Crippen LogP contribution in [0.15, 0.2) is 41.4 Å². The van der Waals surface area contributed by atoms with Gasteiger partial charge in [0.2, 0.25) is 10.0 Å². The van der Waals surface area contributed by atoms with E-state index in [1.54, 1.807) is 6.07 Å². The molecule has 0 fully saturated rings. The average molecular weight is 312 g/mol. The summed E-state index contributed by atoms with van der Waals surface area (Å²) in [6, 6.07) is 6.96. The number of aromatic nitrogens is 1. The molecule has 112 valence electrons. The van der Waals surface area contributed by atoms with E-state index in [9.17, 15) is 17.6 Å². The van der Waals surface area contributed by atoms with E-state index in [0.29, 0.717) is 0 Å². The molecular weight excluding hydrogens is 299 g/mol. The lowest BCUT2D eigenvalue weighted by Gasteiger charge is -2.05. The molecule has 0 unspecified atom stereocenters. The predicted molar refractivity (Wildman–Crippen MR) is 72.9 cm³/mol. The average Bonchev–Trinajstić information content (AvgIpc) is 2.96. The smallest absolute Gasteiger partial charge is 0.281 e. The second kappa shape index (κ2) is 6.04. The molecule has 0 saturated carbocycles. The molecule has 0 atom stereocenters. The zero-order chi connectivity index (χ0) is 15.5. The maximum atomic E-state index is 13.4. The summed E-state index contributed by atoms with van der Waals surface area (Å²) in [5, 5.41) is 0. The lowest BCUT2D eigenvalue weighted by Crippen LogP contribution is -2.30. The predicted octanol–water partition coefficient (Wildman–Crippen LogP) is 0.236. The van der Waals surface area contributed by atoms with Gasteiger partial charge in [0.15, 0.2) is 0 Å². The summed E-state index contributed by atoms with van der Waals surface area (Å²) in [7, 11) is -3.86. The van der Waals surface area contributed by atoms with Crippen LogP contribution in [-0.4, -0.2) is 19.3 Å². The van der Waals surface area contributed by atoms with E-state index in [4.69, 9.17) is 5.84 Å². The molecule has 1 amide bonds. The molecule has 0 aliphatic rings. The number of hydrogen-bond acceptors (Lipinski definition) is 4. The van der Waals surface area contributed by atoms with Crippen LogP contribution in [0.25, 0.3) is 0 Å². The van der Waals surface area contributed by atoms with Gasteiger partial charge in [-0.25, -0.2) is 23.4 Å². The van der Waals surface area contributed by atoms with Crippen molar-refractivity contribution in [2.45, 2.75) is 11.4 Å². The molecule has 7 nitrogen and oxygen atoms in total. The van der Waals surface area contributed by atoms with Crippen molar-refractivity contribution in [2.75, 3.05) is 0 Å². The summed E-state index contributed by atoms with van der Waals surface area (Å²) in [5.74, 6) is 3.80. The number of nitrogens with two attached hydrogens (primary N) is 1. The summed E-state index contributed by atoms with van der Waals surface area (Å²) in [6.07, 6.45) is 1.15. The minimum atomic E-state index is -3.86. The number of amides is 1. The maximum absolute atomic E-state index is 13.4. The highest BCUT2D eigenvalue weighted by Crippen LogP contribution is 2.12. The first-order valence-corrected chi connectivity index (χ1v) is 7.35. The first-order valence-electron chi connectivity index (χ1n) is 5.86. The van der Waals surface area contributed by atoms with Crippen LogP contribution < -0.4 is 16.0 Å². The summed E-state index contributed by atoms with van der Waals surface area (Å²) in [5.41, 5.74) is 2.10. The second-order valence-electron chi connectivity index (χ2n) is 4.14. The van der Waals surface area contributed by atoms with Crippen LogP contribution in [0.5, 0.6) is 0 Å². The molecule has 2 rings (SSSR count). The largest absolute Gasteiger partial charge is 0.356 e. The zero-order valence-electron chi connectivity index (χ0n) is 10.8. The van der Waals surface area contributed by atoms with E-state index < -0.39 is 21.7 Å². The molecule has 1 heterocycles. The van der Waals surface area contributed by atoms with E-state index >= 15 is 0 Å². The number of benzene rings is 1. The monoisotopic (exact) mass is 312 g/mol. The first kappa shape index (κ1) is 15.2. The Kier molecular flexibility index (Phi) is 4.36. The Balaban J connectivity index is 2.14. The van der Waals surface area contributed by atoms with E-state index in [2.05, 4.69) is 9.71 Å². The highest BCUT2D eigenvalue weighted by molar-refractivity contribution is 7.89. The Bertz CT molecular complexity index is 757. The minimum absolute atomic E-state index is 0.00349. The minimum Gasteiger partial charge on any atom is -0.356 e. The van der Waals surface area contributed by atoms with Crippen molar-refractivity contribution < 1.29 is 17.6 Å². The summed E-state index contributed by atoms with van der Waals surface area (Å²) in [6.45, 7) is -0.196. The van der Waals surface area contributed by atoms with Gasteiger partial charge < -0.3 is 4.98 Å². The number of hydrogen-bond donors (Lipinski definition) is 4. The van der Waals surface area contributed by atoms with Gasteiger partial charge in [0, 0.05) is 18.3 Å². The number of sulfonamides is 1. The fourth-order valence-corrected chi connectivity index (χ4v) is 2.64. The summed E-state index contributed by atoms with van der Waals surface area (Å²) < 4.78 is 39.7. The molecule has 0 aliphatic heterocycles. The molecule has 0 spiro atoms. The molecular formula is C12H13FN4O3S. The van der Waals surface area contributed by atoms with Crippen LogP contribution >= 0.6 is 0 Å². The number of hydrazine groups is 1. The molecule has 0 aliphatic carbocycles. The highest BCUT2D eigenvalue weighted by atomic mass is 32.2. The van der Waals surface area contributed by atoms with Gasteiger partial charge in [-0.1, -0.05) is 18.2 Å². The number of rotatable bonds is 5. The molecule has 2 aromatic rings. The van der Waals surface area contributed by atoms with Gasteiger partial charge in [-0.05, 0) is 12.1 Å². The first-order chi connectivity index (χ1) is 9.94. The van der Waals surface area contributed by atoms with Crippen LogP contribution in [0.3, 0.4) is 0 Å². The third kappa shape index (κ3) is 3.45. The topological polar surface area (TPSA) is 117 Å². The van der Waals surface area contributed by atoms with E-state index in [1.165, 1.54) is 18.2 Å². The van der Waals surface area contributed by atoms with E-state index in [1.807, 2.05) is 5.43 Å². The van der Waals surface area contributed by atoms with Gasteiger partial charge in [0.1, 0.15) is 16.4 Å². The Morgan fingerprint density at radius 2 is 2.05 bits per heavy atom. The Hall–Kier alpha value is -2.23. The number of halogens is 1. The van der Waals surface area contributed by atoms with Crippen LogP contribution in [0.4, 0.5) is 4.39 Å². The van der Waals surface area contributed by atoms with Crippen molar-refractivity contribution in [1.82, 2.24) is 15.1 Å².